The van der Waals surface area contributed by atoms with Crippen molar-refractivity contribution in [2.45, 2.75) is 39.7 Å². The molecular formula is C17H26IN5O. The number of nitrogens with one attached hydrogen (secondary N) is 2. The Labute approximate surface area is 160 Å². The molecule has 2 N–H and O–H groups in total. The van der Waals surface area contributed by atoms with Gasteiger partial charge in [0, 0.05) is 37.5 Å². The Morgan fingerprint density at radius 1 is 1.29 bits per heavy atom. The molecule has 0 bridgehead atoms. The van der Waals surface area contributed by atoms with Gasteiger partial charge >= 0.3 is 0 Å². The average Bonchev–Trinajstić information content (AvgIpc) is 3.03. The third-order valence-electron chi connectivity index (χ3n) is 3.31. The van der Waals surface area contributed by atoms with E-state index >= 15 is 0 Å². The van der Waals surface area contributed by atoms with Gasteiger partial charge in [0.2, 0.25) is 0 Å². The van der Waals surface area contributed by atoms with Gasteiger partial charge < -0.3 is 15.2 Å². The van der Waals surface area contributed by atoms with E-state index in [9.17, 15) is 0 Å². The highest BCUT2D eigenvalue weighted by molar-refractivity contribution is 14.0. The number of pyridine rings is 1. The van der Waals surface area contributed by atoms with Crippen molar-refractivity contribution in [3.05, 3.63) is 47.6 Å². The van der Waals surface area contributed by atoms with Crippen LogP contribution < -0.4 is 10.6 Å². The first-order valence-corrected chi connectivity index (χ1v) is 8.06. The van der Waals surface area contributed by atoms with E-state index in [-0.39, 0.29) is 24.0 Å². The van der Waals surface area contributed by atoms with Crippen molar-refractivity contribution in [3.63, 3.8) is 0 Å². The Hall–Kier alpha value is -1.64. The molecule has 0 aliphatic rings. The molecule has 0 aliphatic carbocycles. The van der Waals surface area contributed by atoms with E-state index in [1.54, 1.807) is 0 Å². The summed E-state index contributed by atoms with van der Waals surface area (Å²) in [5.74, 6) is 1.91. The van der Waals surface area contributed by atoms with Crippen LogP contribution in [0.15, 0.2) is 40.0 Å². The smallest absolute Gasteiger partial charge is 0.191 e. The van der Waals surface area contributed by atoms with Crippen LogP contribution in [0.4, 0.5) is 0 Å². The van der Waals surface area contributed by atoms with Gasteiger partial charge in [0.15, 0.2) is 11.7 Å². The molecule has 2 rings (SSSR count). The van der Waals surface area contributed by atoms with Gasteiger partial charge in [0.1, 0.15) is 6.54 Å². The van der Waals surface area contributed by atoms with Gasteiger partial charge in [0.25, 0.3) is 0 Å². The van der Waals surface area contributed by atoms with Crippen molar-refractivity contribution in [3.8, 4) is 0 Å². The number of aromatic nitrogens is 2. The normalized spacial score (nSPS) is 11.2. The van der Waals surface area contributed by atoms with E-state index in [4.69, 9.17) is 4.52 Å². The second-order valence-corrected chi connectivity index (χ2v) is 5.57. The molecule has 0 fully saturated rings. The minimum atomic E-state index is 0. The number of nitrogens with zero attached hydrogens (tertiary/aromatic N) is 3. The first kappa shape index (κ1) is 20.4. The van der Waals surface area contributed by atoms with Crippen LogP contribution in [0.5, 0.6) is 0 Å². The van der Waals surface area contributed by atoms with E-state index in [0.717, 1.165) is 42.6 Å². The Balaban J connectivity index is 0.00000288. The summed E-state index contributed by atoms with van der Waals surface area (Å²) in [7, 11) is 0. The predicted molar refractivity (Wildman–Crippen MR) is 107 cm³/mol. The fraction of sp³-hybridized carbons (Fsp3) is 0.471. The minimum Gasteiger partial charge on any atom is -0.359 e. The maximum atomic E-state index is 5.31. The van der Waals surface area contributed by atoms with Gasteiger partial charge in [-0.15, -0.1) is 24.0 Å². The lowest BCUT2D eigenvalue weighted by Gasteiger charge is -2.10. The lowest BCUT2D eigenvalue weighted by Crippen LogP contribution is -2.38. The molecule has 0 saturated carbocycles. The van der Waals surface area contributed by atoms with E-state index in [2.05, 4.69) is 39.6 Å². The summed E-state index contributed by atoms with van der Waals surface area (Å²) in [6.45, 7) is 8.28. The molecule has 6 nitrogen and oxygen atoms in total. The Kier molecular flexibility index (Phi) is 9.36. The lowest BCUT2D eigenvalue weighted by molar-refractivity contribution is 0.376. The molecule has 0 atom stereocenters. The fourth-order valence-corrected chi connectivity index (χ4v) is 2.03. The van der Waals surface area contributed by atoms with Gasteiger partial charge in [-0.25, -0.2) is 4.99 Å². The minimum absolute atomic E-state index is 0. The van der Waals surface area contributed by atoms with Crippen LogP contribution in [0, 0.1) is 0 Å². The van der Waals surface area contributed by atoms with E-state index in [1.807, 2.05) is 37.4 Å². The molecule has 0 radical (unpaired) electrons. The second kappa shape index (κ2) is 11.0. The molecule has 2 aromatic heterocycles. The van der Waals surface area contributed by atoms with Crippen LogP contribution >= 0.6 is 24.0 Å². The van der Waals surface area contributed by atoms with Gasteiger partial charge in [-0.3, -0.25) is 4.98 Å². The standard InChI is InChI=1S/C17H25N5O.HI/c1-4-18-17(20-10-8-14-7-5-6-9-19-14)21-12-15-11-16(13(2)3)22-23-15;/h5-7,9,11,13H,4,8,10,12H2,1-3H3,(H2,18,20,21);1H. The highest BCUT2D eigenvalue weighted by atomic mass is 127. The van der Waals surface area contributed by atoms with Crippen molar-refractivity contribution in [2.24, 2.45) is 4.99 Å². The maximum Gasteiger partial charge on any atom is 0.191 e. The SMILES string of the molecule is CCNC(=NCc1cc(C(C)C)no1)NCCc1ccccn1.I. The molecule has 7 heteroatoms. The number of hydrogen-bond donors (Lipinski definition) is 2. The summed E-state index contributed by atoms with van der Waals surface area (Å²) in [5, 5.41) is 10.6. The molecule has 0 aliphatic heterocycles. The van der Waals surface area contributed by atoms with Crippen molar-refractivity contribution >= 4 is 29.9 Å². The van der Waals surface area contributed by atoms with Crippen molar-refractivity contribution in [1.29, 1.82) is 0 Å². The molecule has 2 heterocycles. The largest absolute Gasteiger partial charge is 0.359 e. The monoisotopic (exact) mass is 443 g/mol. The summed E-state index contributed by atoms with van der Waals surface area (Å²) in [6, 6.07) is 7.91. The average molecular weight is 443 g/mol. The van der Waals surface area contributed by atoms with Crippen molar-refractivity contribution in [1.82, 2.24) is 20.8 Å². The van der Waals surface area contributed by atoms with Gasteiger partial charge in [0.05, 0.1) is 5.69 Å². The molecule has 0 unspecified atom stereocenters. The van der Waals surface area contributed by atoms with Crippen LogP contribution in [0.3, 0.4) is 0 Å². The molecule has 132 valence electrons. The summed E-state index contributed by atoms with van der Waals surface area (Å²) in [4.78, 5) is 8.84. The Bertz CT molecular complexity index is 612. The molecular weight excluding hydrogens is 417 g/mol. The highest BCUT2D eigenvalue weighted by Crippen LogP contribution is 2.14. The van der Waals surface area contributed by atoms with Crippen LogP contribution in [-0.4, -0.2) is 29.2 Å². The summed E-state index contributed by atoms with van der Waals surface area (Å²) >= 11 is 0. The third kappa shape index (κ3) is 6.86. The first-order valence-electron chi connectivity index (χ1n) is 8.06. The van der Waals surface area contributed by atoms with Crippen molar-refractivity contribution < 1.29 is 4.52 Å². The topological polar surface area (TPSA) is 75.3 Å². The molecule has 0 spiro atoms. The molecule has 0 amide bonds. The molecule has 0 aromatic carbocycles. The van der Waals surface area contributed by atoms with E-state index in [0.29, 0.717) is 12.5 Å². The Morgan fingerprint density at radius 3 is 2.75 bits per heavy atom. The second-order valence-electron chi connectivity index (χ2n) is 5.57. The van der Waals surface area contributed by atoms with E-state index < -0.39 is 0 Å². The summed E-state index contributed by atoms with van der Waals surface area (Å²) < 4.78 is 5.31. The van der Waals surface area contributed by atoms with Gasteiger partial charge in [-0.05, 0) is 25.0 Å². The Morgan fingerprint density at radius 2 is 2.12 bits per heavy atom. The third-order valence-corrected chi connectivity index (χ3v) is 3.31. The molecule has 24 heavy (non-hydrogen) atoms. The predicted octanol–water partition coefficient (Wildman–Crippen LogP) is 3.11. The van der Waals surface area contributed by atoms with Crippen LogP contribution in [-0.2, 0) is 13.0 Å². The van der Waals surface area contributed by atoms with Crippen LogP contribution in [0.1, 0.15) is 43.8 Å². The zero-order valence-electron chi connectivity index (χ0n) is 14.5. The highest BCUT2D eigenvalue weighted by Gasteiger charge is 2.07. The van der Waals surface area contributed by atoms with Crippen LogP contribution in [0.25, 0.3) is 0 Å². The summed E-state index contributed by atoms with van der Waals surface area (Å²) in [6.07, 6.45) is 2.66. The number of halogens is 1. The van der Waals surface area contributed by atoms with Gasteiger partial charge in [-0.1, -0.05) is 25.1 Å². The lowest BCUT2D eigenvalue weighted by atomic mass is 10.1. The maximum absolute atomic E-state index is 5.31. The fourth-order valence-electron chi connectivity index (χ4n) is 2.03. The number of aliphatic imine (C=N–C) groups is 1. The van der Waals surface area contributed by atoms with Crippen LogP contribution in [0.2, 0.25) is 0 Å². The van der Waals surface area contributed by atoms with Crippen molar-refractivity contribution in [2.75, 3.05) is 13.1 Å². The zero-order chi connectivity index (χ0) is 16.5. The zero-order valence-corrected chi connectivity index (χ0v) is 16.8. The number of guanidine groups is 1. The molecule has 2 aromatic rings. The summed E-state index contributed by atoms with van der Waals surface area (Å²) in [5.41, 5.74) is 2.02. The van der Waals surface area contributed by atoms with Gasteiger partial charge in [-0.2, -0.15) is 0 Å². The number of hydrogen-bond acceptors (Lipinski definition) is 4. The molecule has 0 saturated heterocycles. The number of rotatable bonds is 7. The van der Waals surface area contributed by atoms with E-state index in [1.165, 1.54) is 0 Å². The quantitative estimate of drug-likeness (QED) is 0.391. The first-order chi connectivity index (χ1) is 11.2.